The number of furan rings is 1. The van der Waals surface area contributed by atoms with Crippen LogP contribution in [0.4, 0.5) is 4.79 Å². The van der Waals surface area contributed by atoms with Crippen molar-refractivity contribution in [1.29, 1.82) is 0 Å². The number of ether oxygens (including phenoxy) is 4. The molecule has 0 saturated carbocycles. The largest absolute Gasteiger partial charge is 0.493 e. The van der Waals surface area contributed by atoms with Crippen LogP contribution in [-0.4, -0.2) is 54.5 Å². The second kappa shape index (κ2) is 11.6. The van der Waals surface area contributed by atoms with Gasteiger partial charge in [-0.2, -0.15) is 0 Å². The van der Waals surface area contributed by atoms with Gasteiger partial charge in [-0.15, -0.1) is 0 Å². The molecule has 1 amide bonds. The van der Waals surface area contributed by atoms with E-state index >= 15 is 0 Å². The summed E-state index contributed by atoms with van der Waals surface area (Å²) >= 11 is 0. The van der Waals surface area contributed by atoms with Gasteiger partial charge in [0, 0.05) is 24.3 Å². The summed E-state index contributed by atoms with van der Waals surface area (Å²) in [5, 5.41) is 0.693. The number of hydrogen-bond donors (Lipinski definition) is 0. The highest BCUT2D eigenvalue weighted by Crippen LogP contribution is 2.35. The zero-order valence-corrected chi connectivity index (χ0v) is 21.8. The van der Waals surface area contributed by atoms with Crippen LogP contribution in [0.25, 0.3) is 11.0 Å². The van der Waals surface area contributed by atoms with Gasteiger partial charge in [-0.05, 0) is 73.9 Å². The van der Waals surface area contributed by atoms with Gasteiger partial charge < -0.3 is 28.3 Å². The third-order valence-corrected chi connectivity index (χ3v) is 4.89. The summed E-state index contributed by atoms with van der Waals surface area (Å²) in [5.41, 5.74) is 0.171. The third kappa shape index (κ3) is 7.38. The summed E-state index contributed by atoms with van der Waals surface area (Å²) in [5.74, 6) is 0.189. The minimum absolute atomic E-state index is 0.130. The number of carbonyl (C=O) groups is 2. The first-order chi connectivity index (χ1) is 15.9. The Morgan fingerprint density at radius 3 is 2.32 bits per heavy atom. The number of benzene rings is 1. The molecule has 1 heterocycles. The van der Waals surface area contributed by atoms with Gasteiger partial charge >= 0.3 is 12.1 Å². The third-order valence-electron chi connectivity index (χ3n) is 4.89. The van der Waals surface area contributed by atoms with Crippen LogP contribution < -0.4 is 4.74 Å². The van der Waals surface area contributed by atoms with Gasteiger partial charge in [0.15, 0.2) is 0 Å². The van der Waals surface area contributed by atoms with Crippen LogP contribution in [0.3, 0.4) is 0 Å². The van der Waals surface area contributed by atoms with Gasteiger partial charge in [-0.3, -0.25) is 0 Å². The van der Waals surface area contributed by atoms with Crippen LogP contribution in [0.1, 0.15) is 77.9 Å². The molecule has 1 aromatic carbocycles. The fourth-order valence-corrected chi connectivity index (χ4v) is 3.42. The van der Waals surface area contributed by atoms with Gasteiger partial charge in [0.2, 0.25) is 5.76 Å². The molecule has 1 aromatic heterocycles. The fraction of sp³-hybridized carbons (Fsp3) is 0.615. The number of hydrogen-bond acceptors (Lipinski definition) is 7. The molecule has 0 N–H and O–H groups in total. The monoisotopic (exact) mass is 477 g/mol. The topological polar surface area (TPSA) is 87.4 Å². The van der Waals surface area contributed by atoms with Gasteiger partial charge in [0.25, 0.3) is 0 Å². The molecule has 190 valence electrons. The SMILES string of the molecule is CCOCc1c(C(=O)OCC)oc2cccc(OCCCN(C(=O)OC(C)(C)C)C(C)(C)C)c12. The zero-order valence-electron chi connectivity index (χ0n) is 21.8. The van der Waals surface area contributed by atoms with Crippen molar-refractivity contribution in [2.75, 3.05) is 26.4 Å². The van der Waals surface area contributed by atoms with Crippen LogP contribution in [0.2, 0.25) is 0 Å². The molecule has 0 aliphatic heterocycles. The van der Waals surface area contributed by atoms with E-state index in [1.54, 1.807) is 17.9 Å². The van der Waals surface area contributed by atoms with E-state index in [0.29, 0.717) is 48.5 Å². The molecule has 34 heavy (non-hydrogen) atoms. The molecule has 0 saturated heterocycles. The molecule has 0 spiro atoms. The molecule has 8 nitrogen and oxygen atoms in total. The lowest BCUT2D eigenvalue weighted by Gasteiger charge is -2.36. The van der Waals surface area contributed by atoms with E-state index in [9.17, 15) is 9.59 Å². The summed E-state index contributed by atoms with van der Waals surface area (Å²) in [4.78, 5) is 26.9. The Kier molecular flexibility index (Phi) is 9.38. The van der Waals surface area contributed by atoms with E-state index < -0.39 is 17.1 Å². The van der Waals surface area contributed by atoms with E-state index in [1.807, 2.05) is 60.6 Å². The molecule has 0 bridgehead atoms. The number of fused-ring (bicyclic) bond motifs is 1. The number of esters is 1. The maximum Gasteiger partial charge on any atom is 0.410 e. The summed E-state index contributed by atoms with van der Waals surface area (Å²) in [7, 11) is 0. The predicted octanol–water partition coefficient (Wildman–Crippen LogP) is 5.95. The Labute approximate surface area is 202 Å². The maximum atomic E-state index is 12.7. The Morgan fingerprint density at radius 2 is 1.74 bits per heavy atom. The first-order valence-electron chi connectivity index (χ1n) is 11.8. The first kappa shape index (κ1) is 27.5. The average molecular weight is 478 g/mol. The lowest BCUT2D eigenvalue weighted by Crippen LogP contribution is -2.48. The van der Waals surface area contributed by atoms with E-state index in [1.165, 1.54) is 0 Å². The minimum atomic E-state index is -0.568. The summed E-state index contributed by atoms with van der Waals surface area (Å²) in [6.07, 6.45) is 0.242. The molecule has 0 aliphatic rings. The molecule has 2 aromatic rings. The maximum absolute atomic E-state index is 12.7. The van der Waals surface area contributed by atoms with Crippen molar-refractivity contribution in [2.45, 2.75) is 79.6 Å². The van der Waals surface area contributed by atoms with Gasteiger partial charge in [0.05, 0.1) is 25.2 Å². The average Bonchev–Trinajstić information content (AvgIpc) is 3.09. The molecular formula is C26H39NO7. The standard InChI is InChI=1S/C26H39NO7/c1-9-30-17-18-21-19(13-11-14-20(21)33-22(18)23(28)31-10-2)32-16-12-15-27(25(3,4)5)24(29)34-26(6,7)8/h11,13-14H,9-10,12,15-17H2,1-8H3. The number of carbonyl (C=O) groups excluding carboxylic acids is 2. The lowest BCUT2D eigenvalue weighted by atomic mass is 10.1. The van der Waals surface area contributed by atoms with E-state index in [0.717, 1.165) is 0 Å². The Morgan fingerprint density at radius 1 is 1.03 bits per heavy atom. The second-order valence-corrected chi connectivity index (χ2v) is 9.90. The Hall–Kier alpha value is -2.74. The Bertz CT molecular complexity index is 966. The molecular weight excluding hydrogens is 438 g/mol. The highest BCUT2D eigenvalue weighted by atomic mass is 16.6. The van der Waals surface area contributed by atoms with Gasteiger partial charge in [0.1, 0.15) is 16.9 Å². The smallest absolute Gasteiger partial charge is 0.410 e. The van der Waals surface area contributed by atoms with Crippen molar-refractivity contribution in [3.63, 3.8) is 0 Å². The molecule has 0 radical (unpaired) electrons. The first-order valence-corrected chi connectivity index (χ1v) is 11.8. The molecule has 0 atom stereocenters. The fourth-order valence-electron chi connectivity index (χ4n) is 3.42. The zero-order chi connectivity index (χ0) is 25.5. The molecule has 0 fully saturated rings. The van der Waals surface area contributed by atoms with E-state index in [2.05, 4.69) is 0 Å². The summed E-state index contributed by atoms with van der Waals surface area (Å²) in [6, 6.07) is 5.42. The minimum Gasteiger partial charge on any atom is -0.493 e. The number of amides is 1. The molecule has 0 aliphatic carbocycles. The van der Waals surface area contributed by atoms with Crippen LogP contribution in [0.5, 0.6) is 5.75 Å². The molecule has 0 unspecified atom stereocenters. The quantitative estimate of drug-likeness (QED) is 0.309. The van der Waals surface area contributed by atoms with Crippen LogP contribution in [0, 0.1) is 0 Å². The van der Waals surface area contributed by atoms with Crippen LogP contribution in [0.15, 0.2) is 22.6 Å². The van der Waals surface area contributed by atoms with Crippen LogP contribution in [-0.2, 0) is 20.8 Å². The Balaban J connectivity index is 2.19. The molecule has 8 heteroatoms. The van der Waals surface area contributed by atoms with E-state index in [4.69, 9.17) is 23.4 Å². The second-order valence-electron chi connectivity index (χ2n) is 9.90. The normalized spacial score (nSPS) is 12.0. The summed E-state index contributed by atoms with van der Waals surface area (Å²) in [6.45, 7) is 16.9. The highest BCUT2D eigenvalue weighted by Gasteiger charge is 2.30. The lowest BCUT2D eigenvalue weighted by molar-refractivity contribution is 0.00519. The van der Waals surface area contributed by atoms with Crippen molar-refractivity contribution < 1.29 is 33.0 Å². The predicted molar refractivity (Wildman–Crippen MR) is 130 cm³/mol. The number of rotatable bonds is 10. The van der Waals surface area contributed by atoms with Crippen molar-refractivity contribution in [1.82, 2.24) is 4.90 Å². The van der Waals surface area contributed by atoms with Gasteiger partial charge in [-0.25, -0.2) is 9.59 Å². The number of nitrogens with zero attached hydrogens (tertiary/aromatic N) is 1. The highest BCUT2D eigenvalue weighted by molar-refractivity contribution is 5.98. The van der Waals surface area contributed by atoms with Crippen molar-refractivity contribution >= 4 is 23.0 Å². The summed E-state index contributed by atoms with van der Waals surface area (Å²) < 4.78 is 28.2. The van der Waals surface area contributed by atoms with Crippen LogP contribution >= 0.6 is 0 Å². The molecule has 2 rings (SSSR count). The van der Waals surface area contributed by atoms with Gasteiger partial charge in [-0.1, -0.05) is 6.07 Å². The van der Waals surface area contributed by atoms with Crippen molar-refractivity contribution in [2.24, 2.45) is 0 Å². The van der Waals surface area contributed by atoms with Crippen molar-refractivity contribution in [3.8, 4) is 5.75 Å². The van der Waals surface area contributed by atoms with E-state index in [-0.39, 0.29) is 25.1 Å². The van der Waals surface area contributed by atoms with Crippen molar-refractivity contribution in [3.05, 3.63) is 29.5 Å².